The number of rotatable bonds is 6. The lowest BCUT2D eigenvalue weighted by atomic mass is 10.2. The van der Waals surface area contributed by atoms with Crippen molar-refractivity contribution in [2.75, 3.05) is 6.54 Å². The first-order chi connectivity index (χ1) is 7.67. The van der Waals surface area contributed by atoms with E-state index in [0.717, 1.165) is 31.5 Å². The molecular weight excluding hydrogens is 200 g/mol. The summed E-state index contributed by atoms with van der Waals surface area (Å²) in [6.45, 7) is 7.90. The Morgan fingerprint density at radius 1 is 1.38 bits per heavy atom. The Hall–Kier alpha value is -1.09. The summed E-state index contributed by atoms with van der Waals surface area (Å²) >= 11 is 0. The minimum Gasteiger partial charge on any atom is -0.314 e. The van der Waals surface area contributed by atoms with E-state index in [0.29, 0.717) is 6.04 Å². The fourth-order valence-electron chi connectivity index (χ4n) is 1.76. The molecule has 0 aromatic carbocycles. The van der Waals surface area contributed by atoms with Gasteiger partial charge in [-0.3, -0.25) is 4.79 Å². The molecule has 1 aromatic rings. The van der Waals surface area contributed by atoms with E-state index in [1.54, 1.807) is 10.6 Å². The average Bonchev–Trinajstić information content (AvgIpc) is 2.27. The third kappa shape index (κ3) is 3.81. The van der Waals surface area contributed by atoms with Gasteiger partial charge >= 0.3 is 0 Å². The van der Waals surface area contributed by atoms with Crippen LogP contribution < -0.4 is 10.9 Å². The standard InChI is InChI=1S/C13H22N2O/c1-4-12(5-2)14-7-9-15-8-6-11(3)10-13(15)16/h6,8,10,12,14H,4-5,7,9H2,1-3H3. The molecule has 0 fully saturated rings. The van der Waals surface area contributed by atoms with Gasteiger partial charge in [-0.1, -0.05) is 13.8 Å². The van der Waals surface area contributed by atoms with Gasteiger partial charge in [-0.15, -0.1) is 0 Å². The molecule has 0 saturated carbocycles. The second-order valence-corrected chi connectivity index (χ2v) is 4.20. The second kappa shape index (κ2) is 6.48. The number of hydrogen-bond donors (Lipinski definition) is 1. The van der Waals surface area contributed by atoms with Gasteiger partial charge < -0.3 is 9.88 Å². The molecule has 1 N–H and O–H groups in total. The summed E-state index contributed by atoms with van der Waals surface area (Å²) in [5.74, 6) is 0. The van der Waals surface area contributed by atoms with Crippen molar-refractivity contribution in [2.24, 2.45) is 0 Å². The van der Waals surface area contributed by atoms with Crippen molar-refractivity contribution in [3.63, 3.8) is 0 Å². The molecule has 90 valence electrons. The second-order valence-electron chi connectivity index (χ2n) is 4.20. The van der Waals surface area contributed by atoms with Crippen LogP contribution in [0.25, 0.3) is 0 Å². The van der Waals surface area contributed by atoms with Crippen LogP contribution in [0.1, 0.15) is 32.3 Å². The third-order valence-electron chi connectivity index (χ3n) is 2.92. The summed E-state index contributed by atoms with van der Waals surface area (Å²) in [6, 6.07) is 4.22. The summed E-state index contributed by atoms with van der Waals surface area (Å²) in [6.07, 6.45) is 4.14. The summed E-state index contributed by atoms with van der Waals surface area (Å²) in [4.78, 5) is 11.6. The number of aryl methyl sites for hydroxylation is 1. The van der Waals surface area contributed by atoms with Crippen LogP contribution in [0.15, 0.2) is 23.1 Å². The van der Waals surface area contributed by atoms with E-state index in [-0.39, 0.29) is 5.56 Å². The van der Waals surface area contributed by atoms with Gasteiger partial charge in [0, 0.05) is 31.4 Å². The number of hydrogen-bond acceptors (Lipinski definition) is 2. The summed E-state index contributed by atoms with van der Waals surface area (Å²) in [5.41, 5.74) is 1.11. The van der Waals surface area contributed by atoms with Crippen LogP contribution in [0.5, 0.6) is 0 Å². The number of nitrogens with zero attached hydrogens (tertiary/aromatic N) is 1. The summed E-state index contributed by atoms with van der Waals surface area (Å²) < 4.78 is 1.75. The molecule has 0 saturated heterocycles. The highest BCUT2D eigenvalue weighted by molar-refractivity contribution is 5.07. The Labute approximate surface area is 97.5 Å². The van der Waals surface area contributed by atoms with Crippen molar-refractivity contribution in [3.05, 3.63) is 34.2 Å². The van der Waals surface area contributed by atoms with Crippen molar-refractivity contribution in [1.82, 2.24) is 9.88 Å². The molecule has 0 atom stereocenters. The van der Waals surface area contributed by atoms with E-state index < -0.39 is 0 Å². The van der Waals surface area contributed by atoms with Gasteiger partial charge in [-0.25, -0.2) is 0 Å². The molecule has 1 heterocycles. The maximum Gasteiger partial charge on any atom is 0.250 e. The summed E-state index contributed by atoms with van der Waals surface area (Å²) in [7, 11) is 0. The summed E-state index contributed by atoms with van der Waals surface area (Å²) in [5, 5.41) is 3.45. The lowest BCUT2D eigenvalue weighted by Gasteiger charge is -2.15. The molecule has 0 bridgehead atoms. The SMILES string of the molecule is CCC(CC)NCCn1ccc(C)cc1=O. The Balaban J connectivity index is 2.46. The first-order valence-electron chi connectivity index (χ1n) is 6.07. The van der Waals surface area contributed by atoms with Crippen LogP contribution in [0.4, 0.5) is 0 Å². The lowest BCUT2D eigenvalue weighted by molar-refractivity contribution is 0.462. The number of nitrogens with one attached hydrogen (secondary N) is 1. The van der Waals surface area contributed by atoms with Crippen molar-refractivity contribution in [1.29, 1.82) is 0 Å². The Morgan fingerprint density at radius 2 is 2.06 bits per heavy atom. The quantitative estimate of drug-likeness (QED) is 0.798. The largest absolute Gasteiger partial charge is 0.314 e. The first-order valence-corrected chi connectivity index (χ1v) is 6.07. The van der Waals surface area contributed by atoms with Crippen LogP contribution in [0, 0.1) is 6.92 Å². The van der Waals surface area contributed by atoms with Crippen molar-refractivity contribution in [3.8, 4) is 0 Å². The molecule has 0 unspecified atom stereocenters. The molecule has 1 rings (SSSR count). The zero-order valence-electron chi connectivity index (χ0n) is 10.5. The predicted molar refractivity (Wildman–Crippen MR) is 67.8 cm³/mol. The van der Waals surface area contributed by atoms with Crippen molar-refractivity contribution < 1.29 is 0 Å². The number of pyridine rings is 1. The average molecular weight is 222 g/mol. The Morgan fingerprint density at radius 3 is 2.62 bits per heavy atom. The highest BCUT2D eigenvalue weighted by Gasteiger charge is 2.01. The smallest absolute Gasteiger partial charge is 0.250 e. The molecule has 0 aliphatic rings. The highest BCUT2D eigenvalue weighted by atomic mass is 16.1. The zero-order valence-corrected chi connectivity index (χ0v) is 10.5. The first kappa shape index (κ1) is 13.0. The van der Waals surface area contributed by atoms with Crippen LogP contribution in [-0.2, 0) is 6.54 Å². The van der Waals surface area contributed by atoms with Crippen LogP contribution in [0.3, 0.4) is 0 Å². The van der Waals surface area contributed by atoms with E-state index in [1.807, 2.05) is 19.2 Å². The van der Waals surface area contributed by atoms with Gasteiger partial charge in [0.2, 0.25) is 0 Å². The van der Waals surface area contributed by atoms with Gasteiger partial charge in [-0.05, 0) is 31.4 Å². The molecule has 0 radical (unpaired) electrons. The van der Waals surface area contributed by atoms with E-state index >= 15 is 0 Å². The Bertz CT molecular complexity index is 366. The van der Waals surface area contributed by atoms with Gasteiger partial charge in [0.25, 0.3) is 5.56 Å². The Kier molecular flexibility index (Phi) is 5.26. The molecule has 0 aliphatic carbocycles. The van der Waals surface area contributed by atoms with E-state index in [2.05, 4.69) is 19.2 Å². The fourth-order valence-corrected chi connectivity index (χ4v) is 1.76. The maximum atomic E-state index is 11.6. The van der Waals surface area contributed by atoms with Gasteiger partial charge in [0.1, 0.15) is 0 Å². The van der Waals surface area contributed by atoms with Gasteiger partial charge in [0.05, 0.1) is 0 Å². The molecule has 3 nitrogen and oxygen atoms in total. The van der Waals surface area contributed by atoms with E-state index in [4.69, 9.17) is 0 Å². The van der Waals surface area contributed by atoms with Crippen molar-refractivity contribution >= 4 is 0 Å². The fraction of sp³-hybridized carbons (Fsp3) is 0.615. The predicted octanol–water partition coefficient (Wildman–Crippen LogP) is 1.93. The molecule has 3 heteroatoms. The van der Waals surface area contributed by atoms with Gasteiger partial charge in [0.15, 0.2) is 0 Å². The van der Waals surface area contributed by atoms with Crippen LogP contribution in [0.2, 0.25) is 0 Å². The minimum absolute atomic E-state index is 0.0892. The molecule has 0 spiro atoms. The van der Waals surface area contributed by atoms with Crippen molar-refractivity contribution in [2.45, 2.75) is 46.2 Å². The molecule has 1 aromatic heterocycles. The van der Waals surface area contributed by atoms with E-state index in [1.165, 1.54) is 0 Å². The monoisotopic (exact) mass is 222 g/mol. The molecule has 0 aliphatic heterocycles. The topological polar surface area (TPSA) is 34.0 Å². The third-order valence-corrected chi connectivity index (χ3v) is 2.92. The normalized spacial score (nSPS) is 11.0. The van der Waals surface area contributed by atoms with Crippen LogP contribution in [-0.4, -0.2) is 17.2 Å². The zero-order chi connectivity index (χ0) is 12.0. The molecule has 0 amide bonds. The minimum atomic E-state index is 0.0892. The molecular formula is C13H22N2O. The van der Waals surface area contributed by atoms with Gasteiger partial charge in [-0.2, -0.15) is 0 Å². The van der Waals surface area contributed by atoms with Crippen LogP contribution >= 0.6 is 0 Å². The molecule has 16 heavy (non-hydrogen) atoms. The maximum absolute atomic E-state index is 11.6. The highest BCUT2D eigenvalue weighted by Crippen LogP contribution is 1.95. The van der Waals surface area contributed by atoms with E-state index in [9.17, 15) is 4.79 Å². The number of aromatic nitrogens is 1. The lowest BCUT2D eigenvalue weighted by Crippen LogP contribution is -2.33.